The third kappa shape index (κ3) is 3.74. The molecule has 1 N–H and O–H groups in total. The zero-order chi connectivity index (χ0) is 13.8. The lowest BCUT2D eigenvalue weighted by Crippen LogP contribution is -2.38. The Morgan fingerprint density at radius 1 is 1.42 bits per heavy atom. The fraction of sp³-hybridized carbons (Fsp3) is 0.600. The SMILES string of the molecule is CCNC(Cc1cc(F)ccc1F)C1COC(C)C1. The van der Waals surface area contributed by atoms with Crippen molar-refractivity contribution >= 4 is 0 Å². The topological polar surface area (TPSA) is 21.3 Å². The molecular weight excluding hydrogens is 248 g/mol. The average Bonchev–Trinajstić information content (AvgIpc) is 2.80. The van der Waals surface area contributed by atoms with Crippen LogP contribution in [0.4, 0.5) is 8.78 Å². The van der Waals surface area contributed by atoms with Gasteiger partial charge in [-0.2, -0.15) is 0 Å². The summed E-state index contributed by atoms with van der Waals surface area (Å²) in [5, 5.41) is 3.37. The van der Waals surface area contributed by atoms with Gasteiger partial charge >= 0.3 is 0 Å². The van der Waals surface area contributed by atoms with Crippen molar-refractivity contribution < 1.29 is 13.5 Å². The molecule has 106 valence electrons. The predicted octanol–water partition coefficient (Wildman–Crippen LogP) is 2.91. The van der Waals surface area contributed by atoms with Gasteiger partial charge < -0.3 is 10.1 Å². The number of nitrogens with one attached hydrogen (secondary N) is 1. The van der Waals surface area contributed by atoms with Crippen LogP contribution in [0, 0.1) is 17.6 Å². The van der Waals surface area contributed by atoms with Crippen LogP contribution in [0.5, 0.6) is 0 Å². The maximum absolute atomic E-state index is 13.7. The molecule has 0 aromatic heterocycles. The van der Waals surface area contributed by atoms with Crippen LogP contribution < -0.4 is 5.32 Å². The lowest BCUT2D eigenvalue weighted by Gasteiger charge is -2.23. The zero-order valence-corrected chi connectivity index (χ0v) is 11.5. The lowest BCUT2D eigenvalue weighted by molar-refractivity contribution is 0.117. The molecule has 1 aromatic rings. The summed E-state index contributed by atoms with van der Waals surface area (Å²) in [5.41, 5.74) is 0.436. The van der Waals surface area contributed by atoms with Crippen LogP contribution in [-0.2, 0) is 11.2 Å². The maximum atomic E-state index is 13.7. The van der Waals surface area contributed by atoms with E-state index in [0.717, 1.165) is 19.0 Å². The van der Waals surface area contributed by atoms with E-state index in [0.29, 0.717) is 24.5 Å². The van der Waals surface area contributed by atoms with Crippen LogP contribution in [0.25, 0.3) is 0 Å². The molecule has 0 spiro atoms. The van der Waals surface area contributed by atoms with E-state index in [-0.39, 0.29) is 23.8 Å². The first-order valence-corrected chi connectivity index (χ1v) is 6.89. The van der Waals surface area contributed by atoms with Crippen molar-refractivity contribution in [3.8, 4) is 0 Å². The predicted molar refractivity (Wildman–Crippen MR) is 71.0 cm³/mol. The standard InChI is InChI=1S/C15H21F2NO/c1-3-18-15(12-6-10(2)19-9-12)8-11-7-13(16)4-5-14(11)17/h4-5,7,10,12,15,18H,3,6,8-9H2,1-2H3. The second-order valence-corrected chi connectivity index (χ2v) is 5.24. The van der Waals surface area contributed by atoms with Gasteiger partial charge in [0.2, 0.25) is 0 Å². The van der Waals surface area contributed by atoms with E-state index >= 15 is 0 Å². The Balaban J connectivity index is 2.09. The molecule has 4 heteroatoms. The number of rotatable bonds is 5. The number of halogens is 2. The number of benzene rings is 1. The van der Waals surface area contributed by atoms with Gasteiger partial charge in [-0.25, -0.2) is 8.78 Å². The molecule has 0 amide bonds. The first-order valence-electron chi connectivity index (χ1n) is 6.89. The molecule has 3 unspecified atom stereocenters. The Bertz CT molecular complexity index is 425. The summed E-state index contributed by atoms with van der Waals surface area (Å²) in [6.07, 6.45) is 1.72. The van der Waals surface area contributed by atoms with Crippen molar-refractivity contribution in [2.45, 2.75) is 38.8 Å². The van der Waals surface area contributed by atoms with Gasteiger partial charge in [0.25, 0.3) is 0 Å². The van der Waals surface area contributed by atoms with Crippen molar-refractivity contribution in [2.75, 3.05) is 13.2 Å². The summed E-state index contributed by atoms with van der Waals surface area (Å²) in [5.74, 6) is -0.364. The molecule has 19 heavy (non-hydrogen) atoms. The zero-order valence-electron chi connectivity index (χ0n) is 11.5. The third-order valence-corrected chi connectivity index (χ3v) is 3.71. The van der Waals surface area contributed by atoms with E-state index < -0.39 is 0 Å². The minimum Gasteiger partial charge on any atom is -0.378 e. The van der Waals surface area contributed by atoms with Crippen LogP contribution in [0.2, 0.25) is 0 Å². The molecule has 1 aliphatic heterocycles. The molecule has 1 fully saturated rings. The molecule has 1 aromatic carbocycles. The Kier molecular flexibility index (Phi) is 4.88. The Morgan fingerprint density at radius 2 is 2.21 bits per heavy atom. The molecule has 1 saturated heterocycles. The minimum atomic E-state index is -0.386. The van der Waals surface area contributed by atoms with Gasteiger partial charge in [-0.05, 0) is 50.1 Å². The van der Waals surface area contributed by atoms with Crippen LogP contribution >= 0.6 is 0 Å². The highest BCUT2D eigenvalue weighted by atomic mass is 19.1. The largest absolute Gasteiger partial charge is 0.378 e. The van der Waals surface area contributed by atoms with Gasteiger partial charge in [-0.3, -0.25) is 0 Å². The van der Waals surface area contributed by atoms with Gasteiger partial charge in [0, 0.05) is 12.0 Å². The summed E-state index contributed by atoms with van der Waals surface area (Å²) in [6.45, 7) is 5.57. The number of likely N-dealkylation sites (N-methyl/N-ethyl adjacent to an activating group) is 1. The van der Waals surface area contributed by atoms with E-state index in [1.807, 2.05) is 13.8 Å². The fourth-order valence-electron chi connectivity index (χ4n) is 2.74. The quantitative estimate of drug-likeness (QED) is 0.887. The monoisotopic (exact) mass is 269 g/mol. The summed E-state index contributed by atoms with van der Waals surface area (Å²) < 4.78 is 32.5. The van der Waals surface area contributed by atoms with Crippen LogP contribution in [0.1, 0.15) is 25.8 Å². The number of hydrogen-bond donors (Lipinski definition) is 1. The molecule has 1 heterocycles. The third-order valence-electron chi connectivity index (χ3n) is 3.71. The summed E-state index contributed by atoms with van der Waals surface area (Å²) in [7, 11) is 0. The van der Waals surface area contributed by atoms with Gasteiger partial charge in [0.15, 0.2) is 0 Å². The van der Waals surface area contributed by atoms with Crippen LogP contribution in [-0.4, -0.2) is 25.3 Å². The highest BCUT2D eigenvalue weighted by molar-refractivity contribution is 5.20. The van der Waals surface area contributed by atoms with Crippen LogP contribution in [0.3, 0.4) is 0 Å². The fourth-order valence-corrected chi connectivity index (χ4v) is 2.74. The molecule has 0 aliphatic carbocycles. The molecule has 1 aliphatic rings. The van der Waals surface area contributed by atoms with Gasteiger partial charge in [-0.1, -0.05) is 6.92 Å². The first-order chi connectivity index (χ1) is 9.10. The van der Waals surface area contributed by atoms with Gasteiger partial charge in [-0.15, -0.1) is 0 Å². The number of hydrogen-bond acceptors (Lipinski definition) is 2. The molecule has 2 nitrogen and oxygen atoms in total. The summed E-state index contributed by atoms with van der Waals surface area (Å²) in [4.78, 5) is 0. The lowest BCUT2D eigenvalue weighted by atomic mass is 9.91. The molecule has 0 bridgehead atoms. The smallest absolute Gasteiger partial charge is 0.126 e. The first kappa shape index (κ1) is 14.4. The normalized spacial score (nSPS) is 24.6. The van der Waals surface area contributed by atoms with Gasteiger partial charge in [0.05, 0.1) is 12.7 Å². The number of ether oxygens (including phenoxy) is 1. The highest BCUT2D eigenvalue weighted by Gasteiger charge is 2.29. The second kappa shape index (κ2) is 6.44. The van der Waals surface area contributed by atoms with E-state index in [2.05, 4.69) is 5.32 Å². The highest BCUT2D eigenvalue weighted by Crippen LogP contribution is 2.25. The van der Waals surface area contributed by atoms with Gasteiger partial charge in [0.1, 0.15) is 11.6 Å². The van der Waals surface area contributed by atoms with E-state index in [9.17, 15) is 8.78 Å². The summed E-state index contributed by atoms with van der Waals surface area (Å²) in [6, 6.07) is 3.77. The Morgan fingerprint density at radius 3 is 2.84 bits per heavy atom. The molecule has 2 rings (SSSR count). The van der Waals surface area contributed by atoms with Crippen molar-refractivity contribution in [3.63, 3.8) is 0 Å². The van der Waals surface area contributed by atoms with E-state index in [1.165, 1.54) is 12.1 Å². The van der Waals surface area contributed by atoms with Crippen molar-refractivity contribution in [3.05, 3.63) is 35.4 Å². The van der Waals surface area contributed by atoms with Crippen LogP contribution in [0.15, 0.2) is 18.2 Å². The summed E-state index contributed by atoms with van der Waals surface area (Å²) >= 11 is 0. The molecule has 0 saturated carbocycles. The minimum absolute atomic E-state index is 0.131. The van der Waals surface area contributed by atoms with E-state index in [4.69, 9.17) is 4.74 Å². The Hall–Kier alpha value is -1.00. The van der Waals surface area contributed by atoms with Crippen molar-refractivity contribution in [1.29, 1.82) is 0 Å². The van der Waals surface area contributed by atoms with Crippen molar-refractivity contribution in [1.82, 2.24) is 5.32 Å². The second-order valence-electron chi connectivity index (χ2n) is 5.24. The van der Waals surface area contributed by atoms with Crippen molar-refractivity contribution in [2.24, 2.45) is 5.92 Å². The molecule has 0 radical (unpaired) electrons. The maximum Gasteiger partial charge on any atom is 0.126 e. The molecular formula is C15H21F2NO. The Labute approximate surface area is 113 Å². The molecule has 3 atom stereocenters. The van der Waals surface area contributed by atoms with E-state index in [1.54, 1.807) is 0 Å². The average molecular weight is 269 g/mol.